The summed E-state index contributed by atoms with van der Waals surface area (Å²) in [4.78, 5) is 12.4. The molecule has 0 bridgehead atoms. The Balaban J connectivity index is 2.40. The van der Waals surface area contributed by atoms with Crippen molar-refractivity contribution < 1.29 is 14.6 Å². The van der Waals surface area contributed by atoms with E-state index in [1.54, 1.807) is 7.05 Å². The fourth-order valence-corrected chi connectivity index (χ4v) is 1.28. The van der Waals surface area contributed by atoms with Crippen LogP contribution in [0.2, 0.25) is 0 Å². The van der Waals surface area contributed by atoms with Crippen molar-refractivity contribution >= 4 is 6.09 Å². The van der Waals surface area contributed by atoms with Crippen LogP contribution in [0.3, 0.4) is 0 Å². The average molecular weight is 173 g/mol. The molecule has 0 aromatic carbocycles. The van der Waals surface area contributed by atoms with Crippen LogP contribution in [0.5, 0.6) is 0 Å². The van der Waals surface area contributed by atoms with Gasteiger partial charge < -0.3 is 14.7 Å². The Morgan fingerprint density at radius 1 is 1.83 bits per heavy atom. The first-order chi connectivity index (χ1) is 5.65. The number of ether oxygens (including phenoxy) is 1. The van der Waals surface area contributed by atoms with Gasteiger partial charge in [0.25, 0.3) is 0 Å². The van der Waals surface area contributed by atoms with Gasteiger partial charge in [-0.05, 0) is 6.42 Å². The second-order valence-corrected chi connectivity index (χ2v) is 3.16. The van der Waals surface area contributed by atoms with Crippen LogP contribution in [0.4, 0.5) is 4.79 Å². The number of carbonyl (C=O) groups is 1. The molecule has 0 aliphatic carbocycles. The zero-order valence-electron chi connectivity index (χ0n) is 7.49. The van der Waals surface area contributed by atoms with E-state index in [1.807, 2.05) is 6.92 Å². The lowest BCUT2D eigenvalue weighted by Crippen LogP contribution is -2.29. The first-order valence-electron chi connectivity index (χ1n) is 4.25. The summed E-state index contributed by atoms with van der Waals surface area (Å²) >= 11 is 0. The van der Waals surface area contributed by atoms with E-state index in [9.17, 15) is 9.90 Å². The topological polar surface area (TPSA) is 49.8 Å². The van der Waals surface area contributed by atoms with Crippen LogP contribution >= 0.6 is 0 Å². The fourth-order valence-electron chi connectivity index (χ4n) is 1.28. The van der Waals surface area contributed by atoms with Crippen LogP contribution < -0.4 is 0 Å². The van der Waals surface area contributed by atoms with Gasteiger partial charge in [0, 0.05) is 7.05 Å². The largest absolute Gasteiger partial charge is 0.441 e. The summed E-state index contributed by atoms with van der Waals surface area (Å²) in [6, 6.07) is 0. The van der Waals surface area contributed by atoms with Gasteiger partial charge in [0.1, 0.15) is 6.10 Å². The number of hydrogen-bond acceptors (Lipinski definition) is 3. The molecular formula is C8H15NO3. The van der Waals surface area contributed by atoms with E-state index in [1.165, 1.54) is 4.90 Å². The van der Waals surface area contributed by atoms with Crippen molar-refractivity contribution in [3.8, 4) is 0 Å². The van der Waals surface area contributed by atoms with Gasteiger partial charge in [-0.15, -0.1) is 0 Å². The van der Waals surface area contributed by atoms with Crippen LogP contribution in [0.25, 0.3) is 0 Å². The molecule has 1 saturated heterocycles. The minimum atomic E-state index is -0.510. The Morgan fingerprint density at radius 3 is 2.92 bits per heavy atom. The molecule has 4 heteroatoms. The van der Waals surface area contributed by atoms with Gasteiger partial charge in [0.15, 0.2) is 0 Å². The molecule has 2 atom stereocenters. The molecule has 1 heterocycles. The zero-order chi connectivity index (χ0) is 9.14. The highest BCUT2D eigenvalue weighted by molar-refractivity contribution is 5.69. The third-order valence-electron chi connectivity index (χ3n) is 2.03. The Kier molecular flexibility index (Phi) is 2.92. The summed E-state index contributed by atoms with van der Waals surface area (Å²) < 4.78 is 4.92. The van der Waals surface area contributed by atoms with Gasteiger partial charge in [-0.2, -0.15) is 0 Å². The highest BCUT2D eigenvalue weighted by atomic mass is 16.6. The van der Waals surface area contributed by atoms with E-state index in [0.717, 1.165) is 6.42 Å². The molecule has 4 nitrogen and oxygen atoms in total. The maximum absolute atomic E-state index is 10.9. The third-order valence-corrected chi connectivity index (χ3v) is 2.03. The van der Waals surface area contributed by atoms with E-state index in [-0.39, 0.29) is 12.2 Å². The number of aliphatic hydroxyl groups excluding tert-OH is 1. The minimum absolute atomic E-state index is 0.331. The number of amides is 1. The van der Waals surface area contributed by atoms with Crippen molar-refractivity contribution in [2.45, 2.75) is 32.0 Å². The number of carbonyl (C=O) groups excluding carboxylic acids is 1. The first kappa shape index (κ1) is 9.32. The smallest absolute Gasteiger partial charge is 0.410 e. The Labute approximate surface area is 72.1 Å². The van der Waals surface area contributed by atoms with Gasteiger partial charge in [-0.25, -0.2) is 4.79 Å². The van der Waals surface area contributed by atoms with E-state index < -0.39 is 6.10 Å². The Bertz CT molecular complexity index is 172. The van der Waals surface area contributed by atoms with Gasteiger partial charge >= 0.3 is 6.09 Å². The number of aliphatic hydroxyl groups is 1. The zero-order valence-corrected chi connectivity index (χ0v) is 7.49. The minimum Gasteiger partial charge on any atom is -0.441 e. The lowest BCUT2D eigenvalue weighted by Gasteiger charge is -2.14. The van der Waals surface area contributed by atoms with Crippen molar-refractivity contribution in [1.82, 2.24) is 4.90 Å². The summed E-state index contributed by atoms with van der Waals surface area (Å²) in [7, 11) is 1.67. The molecular weight excluding hydrogens is 158 g/mol. The van der Waals surface area contributed by atoms with Crippen LogP contribution in [0.15, 0.2) is 0 Å². The molecule has 1 aliphatic rings. The summed E-state index contributed by atoms with van der Waals surface area (Å²) in [6.07, 6.45) is 0.409. The second-order valence-electron chi connectivity index (χ2n) is 3.16. The monoisotopic (exact) mass is 173 g/mol. The molecule has 1 fully saturated rings. The predicted octanol–water partition coefficient (Wildman–Crippen LogP) is 0.598. The molecule has 0 aromatic rings. The number of cyclic esters (lactones) is 1. The molecule has 1 N–H and O–H groups in total. The predicted molar refractivity (Wildman–Crippen MR) is 43.8 cm³/mol. The van der Waals surface area contributed by atoms with E-state index in [0.29, 0.717) is 13.0 Å². The van der Waals surface area contributed by atoms with Crippen molar-refractivity contribution in [1.29, 1.82) is 0 Å². The quantitative estimate of drug-likeness (QED) is 0.679. The van der Waals surface area contributed by atoms with E-state index >= 15 is 0 Å². The van der Waals surface area contributed by atoms with Crippen molar-refractivity contribution in [3.63, 3.8) is 0 Å². The molecule has 0 aromatic heterocycles. The van der Waals surface area contributed by atoms with E-state index in [2.05, 4.69) is 0 Å². The molecule has 1 rings (SSSR count). The highest BCUT2D eigenvalue weighted by Crippen LogP contribution is 2.15. The summed E-state index contributed by atoms with van der Waals surface area (Å²) in [5.74, 6) is 0. The number of nitrogens with zero attached hydrogens (tertiary/aromatic N) is 1. The highest BCUT2D eigenvalue weighted by Gasteiger charge is 2.32. The summed E-state index contributed by atoms with van der Waals surface area (Å²) in [5.41, 5.74) is 0. The molecule has 1 amide bonds. The molecule has 70 valence electrons. The van der Waals surface area contributed by atoms with Gasteiger partial charge in [-0.3, -0.25) is 0 Å². The normalized spacial score (nSPS) is 25.8. The maximum Gasteiger partial charge on any atom is 0.410 e. The van der Waals surface area contributed by atoms with Crippen molar-refractivity contribution in [2.75, 3.05) is 13.6 Å². The van der Waals surface area contributed by atoms with Crippen molar-refractivity contribution in [2.24, 2.45) is 0 Å². The second kappa shape index (κ2) is 3.76. The summed E-state index contributed by atoms with van der Waals surface area (Å²) in [5, 5.41) is 9.48. The Hall–Kier alpha value is -0.770. The molecule has 0 spiro atoms. The average Bonchev–Trinajstić information content (AvgIpc) is 2.33. The van der Waals surface area contributed by atoms with Crippen LogP contribution in [-0.4, -0.2) is 41.9 Å². The lowest BCUT2D eigenvalue weighted by molar-refractivity contribution is 0.0276. The van der Waals surface area contributed by atoms with E-state index in [4.69, 9.17) is 4.74 Å². The first-order valence-corrected chi connectivity index (χ1v) is 4.25. The molecule has 0 radical (unpaired) electrons. The molecule has 2 unspecified atom stereocenters. The third kappa shape index (κ3) is 1.88. The fraction of sp³-hybridized carbons (Fsp3) is 0.875. The van der Waals surface area contributed by atoms with Gasteiger partial charge in [0.2, 0.25) is 0 Å². The standard InChI is InChI=1S/C8H15NO3/c1-3-4-6(10)7-5-9(2)8(11)12-7/h6-7,10H,3-5H2,1-2H3. The van der Waals surface area contributed by atoms with Gasteiger partial charge in [-0.1, -0.05) is 13.3 Å². The molecule has 1 aliphatic heterocycles. The molecule has 0 saturated carbocycles. The SMILES string of the molecule is CCCC(O)C1CN(C)C(=O)O1. The lowest BCUT2D eigenvalue weighted by atomic mass is 10.1. The number of rotatable bonds is 3. The van der Waals surface area contributed by atoms with Gasteiger partial charge in [0.05, 0.1) is 12.6 Å². The molecule has 12 heavy (non-hydrogen) atoms. The van der Waals surface area contributed by atoms with Crippen LogP contribution in [-0.2, 0) is 4.74 Å². The Morgan fingerprint density at radius 2 is 2.50 bits per heavy atom. The van der Waals surface area contributed by atoms with Crippen LogP contribution in [0.1, 0.15) is 19.8 Å². The maximum atomic E-state index is 10.9. The number of hydrogen-bond donors (Lipinski definition) is 1. The van der Waals surface area contributed by atoms with Crippen molar-refractivity contribution in [3.05, 3.63) is 0 Å². The number of likely N-dealkylation sites (N-methyl/N-ethyl adjacent to an activating group) is 1. The summed E-state index contributed by atoms with van der Waals surface area (Å²) in [6.45, 7) is 2.49. The van der Waals surface area contributed by atoms with Crippen LogP contribution in [0, 0.1) is 0 Å².